The van der Waals surface area contributed by atoms with Gasteiger partial charge in [-0.2, -0.15) is 5.10 Å². The number of aromatic amines is 1. The SMILES string of the molecule is CCn1c(CCNC(=O)c2ccc(F)cc2F)n[nH]c1=S. The molecule has 1 aromatic carbocycles. The van der Waals surface area contributed by atoms with Crippen molar-refractivity contribution >= 4 is 18.1 Å². The van der Waals surface area contributed by atoms with Crippen LogP contribution in [-0.2, 0) is 13.0 Å². The number of benzene rings is 1. The number of hydrogen-bond donors (Lipinski definition) is 2. The summed E-state index contributed by atoms with van der Waals surface area (Å²) in [6.45, 7) is 2.88. The Labute approximate surface area is 125 Å². The summed E-state index contributed by atoms with van der Waals surface area (Å²) in [6.07, 6.45) is 0.454. The molecule has 0 aliphatic rings. The van der Waals surface area contributed by atoms with Gasteiger partial charge in [0.25, 0.3) is 5.91 Å². The molecule has 2 N–H and O–H groups in total. The largest absolute Gasteiger partial charge is 0.351 e. The van der Waals surface area contributed by atoms with Crippen molar-refractivity contribution in [2.75, 3.05) is 6.54 Å². The van der Waals surface area contributed by atoms with Crippen LogP contribution in [0.15, 0.2) is 18.2 Å². The summed E-state index contributed by atoms with van der Waals surface area (Å²) in [6, 6.07) is 2.83. The van der Waals surface area contributed by atoms with Gasteiger partial charge in [0.1, 0.15) is 17.5 Å². The van der Waals surface area contributed by atoms with E-state index in [2.05, 4.69) is 15.5 Å². The highest BCUT2D eigenvalue weighted by Gasteiger charge is 2.12. The molecule has 0 radical (unpaired) electrons. The summed E-state index contributed by atoms with van der Waals surface area (Å²) in [5.41, 5.74) is -0.189. The van der Waals surface area contributed by atoms with Crippen molar-refractivity contribution in [2.24, 2.45) is 0 Å². The van der Waals surface area contributed by atoms with Gasteiger partial charge in [-0.25, -0.2) is 8.78 Å². The Morgan fingerprint density at radius 3 is 2.90 bits per heavy atom. The summed E-state index contributed by atoms with van der Waals surface area (Å²) in [4.78, 5) is 11.8. The second-order valence-corrected chi connectivity index (χ2v) is 4.71. The van der Waals surface area contributed by atoms with Crippen LogP contribution in [-0.4, -0.2) is 27.2 Å². The average Bonchev–Trinajstić information content (AvgIpc) is 2.79. The first-order valence-electron chi connectivity index (χ1n) is 6.40. The Kier molecular flexibility index (Phi) is 4.79. The van der Waals surface area contributed by atoms with Crippen LogP contribution in [0, 0.1) is 16.4 Å². The molecule has 0 spiro atoms. The highest BCUT2D eigenvalue weighted by atomic mass is 32.1. The molecule has 1 aromatic heterocycles. The third-order valence-electron chi connectivity index (χ3n) is 2.96. The highest BCUT2D eigenvalue weighted by Crippen LogP contribution is 2.09. The zero-order valence-electron chi connectivity index (χ0n) is 11.3. The molecule has 1 heterocycles. The predicted molar refractivity (Wildman–Crippen MR) is 75.5 cm³/mol. The first-order valence-corrected chi connectivity index (χ1v) is 6.81. The lowest BCUT2D eigenvalue weighted by Gasteiger charge is -2.07. The summed E-state index contributed by atoms with van der Waals surface area (Å²) in [5, 5.41) is 9.30. The quantitative estimate of drug-likeness (QED) is 0.832. The van der Waals surface area contributed by atoms with E-state index in [1.165, 1.54) is 0 Å². The van der Waals surface area contributed by atoms with Gasteiger partial charge in [-0.05, 0) is 31.3 Å². The molecule has 0 saturated heterocycles. The average molecular weight is 312 g/mol. The van der Waals surface area contributed by atoms with E-state index in [1.807, 2.05) is 6.92 Å². The van der Waals surface area contributed by atoms with Crippen LogP contribution in [0.5, 0.6) is 0 Å². The third-order valence-corrected chi connectivity index (χ3v) is 3.28. The van der Waals surface area contributed by atoms with Crippen LogP contribution < -0.4 is 5.32 Å². The fourth-order valence-electron chi connectivity index (χ4n) is 1.92. The van der Waals surface area contributed by atoms with Gasteiger partial charge in [-0.15, -0.1) is 0 Å². The van der Waals surface area contributed by atoms with Crippen molar-refractivity contribution in [3.63, 3.8) is 0 Å². The van der Waals surface area contributed by atoms with Crippen LogP contribution in [0.2, 0.25) is 0 Å². The number of rotatable bonds is 5. The molecule has 21 heavy (non-hydrogen) atoms. The zero-order valence-corrected chi connectivity index (χ0v) is 12.1. The maximum absolute atomic E-state index is 13.4. The highest BCUT2D eigenvalue weighted by molar-refractivity contribution is 7.71. The van der Waals surface area contributed by atoms with Gasteiger partial charge in [-0.3, -0.25) is 9.89 Å². The fraction of sp³-hybridized carbons (Fsp3) is 0.308. The molecule has 0 bridgehead atoms. The van der Waals surface area contributed by atoms with Gasteiger partial charge >= 0.3 is 0 Å². The molecule has 2 aromatic rings. The number of H-pyrrole nitrogens is 1. The van der Waals surface area contributed by atoms with Crippen LogP contribution >= 0.6 is 12.2 Å². The van der Waals surface area contributed by atoms with Crippen molar-refractivity contribution in [2.45, 2.75) is 19.9 Å². The minimum absolute atomic E-state index is 0.189. The number of carbonyl (C=O) groups is 1. The number of nitrogens with one attached hydrogen (secondary N) is 2. The standard InChI is InChI=1S/C13H14F2N4OS/c1-2-19-11(17-18-13(19)21)5-6-16-12(20)9-4-3-8(14)7-10(9)15/h3-4,7H,2,5-6H2,1H3,(H,16,20)(H,18,21). The van der Waals surface area contributed by atoms with Crippen LogP contribution in [0.1, 0.15) is 23.1 Å². The van der Waals surface area contributed by atoms with Crippen LogP contribution in [0.25, 0.3) is 0 Å². The Morgan fingerprint density at radius 2 is 2.24 bits per heavy atom. The Balaban J connectivity index is 1.97. The van der Waals surface area contributed by atoms with Crippen molar-refractivity contribution in [1.82, 2.24) is 20.1 Å². The summed E-state index contributed by atoms with van der Waals surface area (Å²) in [7, 11) is 0. The van der Waals surface area contributed by atoms with Gasteiger partial charge < -0.3 is 9.88 Å². The minimum Gasteiger partial charge on any atom is -0.351 e. The van der Waals surface area contributed by atoms with Crippen molar-refractivity contribution < 1.29 is 13.6 Å². The van der Waals surface area contributed by atoms with E-state index in [9.17, 15) is 13.6 Å². The van der Waals surface area contributed by atoms with Gasteiger partial charge in [0.15, 0.2) is 4.77 Å². The monoisotopic (exact) mass is 312 g/mol. The minimum atomic E-state index is -0.885. The van der Waals surface area contributed by atoms with E-state index in [0.717, 1.165) is 12.1 Å². The van der Waals surface area contributed by atoms with E-state index in [4.69, 9.17) is 12.2 Å². The second kappa shape index (κ2) is 6.57. The molecule has 0 fully saturated rings. The Bertz CT molecular complexity index is 710. The van der Waals surface area contributed by atoms with Gasteiger partial charge in [0, 0.05) is 25.6 Å². The number of amides is 1. The van der Waals surface area contributed by atoms with Gasteiger partial charge in [-0.1, -0.05) is 0 Å². The molecule has 8 heteroatoms. The Morgan fingerprint density at radius 1 is 1.48 bits per heavy atom. The molecule has 2 rings (SSSR count). The molecule has 0 aliphatic heterocycles. The normalized spacial score (nSPS) is 10.6. The number of aromatic nitrogens is 3. The lowest BCUT2D eigenvalue weighted by Crippen LogP contribution is -2.27. The first kappa shape index (κ1) is 15.3. The van der Waals surface area contributed by atoms with Crippen molar-refractivity contribution in [3.05, 3.63) is 46.0 Å². The molecular formula is C13H14F2N4OS. The predicted octanol–water partition coefficient (Wildman–Crippen LogP) is 2.21. The number of hydrogen-bond acceptors (Lipinski definition) is 3. The van der Waals surface area contributed by atoms with Crippen LogP contribution in [0.3, 0.4) is 0 Å². The molecule has 0 unspecified atom stereocenters. The molecule has 0 saturated carbocycles. The third kappa shape index (κ3) is 3.52. The molecule has 5 nitrogen and oxygen atoms in total. The fourth-order valence-corrected chi connectivity index (χ4v) is 2.20. The maximum atomic E-state index is 13.4. The Hall–Kier alpha value is -2.09. The summed E-state index contributed by atoms with van der Waals surface area (Å²) >= 11 is 5.05. The molecule has 0 aliphatic carbocycles. The van der Waals surface area contributed by atoms with E-state index in [0.29, 0.717) is 29.6 Å². The topological polar surface area (TPSA) is 62.7 Å². The van der Waals surface area contributed by atoms with Gasteiger partial charge in [0.05, 0.1) is 5.56 Å². The molecule has 1 amide bonds. The van der Waals surface area contributed by atoms with E-state index >= 15 is 0 Å². The van der Waals surface area contributed by atoms with E-state index in [1.54, 1.807) is 4.57 Å². The van der Waals surface area contributed by atoms with E-state index < -0.39 is 17.5 Å². The molecule has 112 valence electrons. The maximum Gasteiger partial charge on any atom is 0.254 e. The van der Waals surface area contributed by atoms with Crippen LogP contribution in [0.4, 0.5) is 8.78 Å². The molecule has 0 atom stereocenters. The van der Waals surface area contributed by atoms with Gasteiger partial charge in [0.2, 0.25) is 0 Å². The summed E-state index contributed by atoms with van der Waals surface area (Å²) < 4.78 is 28.5. The smallest absolute Gasteiger partial charge is 0.254 e. The lowest BCUT2D eigenvalue weighted by atomic mass is 10.2. The van der Waals surface area contributed by atoms with E-state index in [-0.39, 0.29) is 12.1 Å². The zero-order chi connectivity index (χ0) is 15.4. The number of halogens is 2. The molecular weight excluding hydrogens is 298 g/mol. The number of nitrogens with zero attached hydrogens (tertiary/aromatic N) is 2. The lowest BCUT2D eigenvalue weighted by molar-refractivity contribution is 0.0950. The van der Waals surface area contributed by atoms with Crippen molar-refractivity contribution in [3.8, 4) is 0 Å². The first-order chi connectivity index (χ1) is 10.0. The second-order valence-electron chi connectivity index (χ2n) is 4.32. The number of carbonyl (C=O) groups excluding carboxylic acids is 1. The summed E-state index contributed by atoms with van der Waals surface area (Å²) in [5.74, 6) is -1.49. The van der Waals surface area contributed by atoms with Crippen molar-refractivity contribution in [1.29, 1.82) is 0 Å².